The van der Waals surface area contributed by atoms with Crippen LogP contribution < -0.4 is 0 Å². The lowest BCUT2D eigenvalue weighted by Crippen LogP contribution is -2.19. The minimum atomic E-state index is -0.0385. The lowest BCUT2D eigenvalue weighted by atomic mass is 9.82. The highest BCUT2D eigenvalue weighted by Crippen LogP contribution is 2.43. The SMILES string of the molecule is OC1CCC(Cc2ccc(C3CCC4OC4C3)cc2)CC1. The molecule has 1 aromatic carbocycles. The Morgan fingerprint density at radius 3 is 2.38 bits per heavy atom. The molecule has 1 saturated heterocycles. The van der Waals surface area contributed by atoms with Gasteiger partial charge in [0.1, 0.15) is 0 Å². The van der Waals surface area contributed by atoms with Crippen LogP contribution in [0.25, 0.3) is 0 Å². The first-order valence-electron chi connectivity index (χ1n) is 8.70. The Labute approximate surface area is 127 Å². The molecule has 3 atom stereocenters. The highest BCUT2D eigenvalue weighted by atomic mass is 16.6. The number of aliphatic hydroxyl groups is 1. The van der Waals surface area contributed by atoms with Crippen molar-refractivity contribution in [2.45, 2.75) is 75.6 Å². The van der Waals surface area contributed by atoms with Crippen LogP contribution in [0.3, 0.4) is 0 Å². The normalized spacial score (nSPS) is 38.8. The van der Waals surface area contributed by atoms with E-state index in [9.17, 15) is 5.11 Å². The number of benzene rings is 1. The van der Waals surface area contributed by atoms with Gasteiger partial charge < -0.3 is 9.84 Å². The molecule has 3 unspecified atom stereocenters. The van der Waals surface area contributed by atoms with Gasteiger partial charge in [0.15, 0.2) is 0 Å². The maximum atomic E-state index is 9.59. The Morgan fingerprint density at radius 2 is 1.67 bits per heavy atom. The van der Waals surface area contributed by atoms with Crippen molar-refractivity contribution in [2.24, 2.45) is 5.92 Å². The zero-order chi connectivity index (χ0) is 14.2. The summed E-state index contributed by atoms with van der Waals surface area (Å²) in [4.78, 5) is 0. The van der Waals surface area contributed by atoms with E-state index in [4.69, 9.17) is 4.74 Å². The van der Waals surface area contributed by atoms with Gasteiger partial charge in [-0.1, -0.05) is 24.3 Å². The average Bonchev–Trinajstić information content (AvgIpc) is 3.29. The van der Waals surface area contributed by atoms with Crippen molar-refractivity contribution >= 4 is 0 Å². The third-order valence-corrected chi connectivity index (χ3v) is 5.80. The number of aliphatic hydroxyl groups excluding tert-OH is 1. The molecule has 21 heavy (non-hydrogen) atoms. The summed E-state index contributed by atoms with van der Waals surface area (Å²) >= 11 is 0. The predicted molar refractivity (Wildman–Crippen MR) is 83.4 cm³/mol. The quantitative estimate of drug-likeness (QED) is 0.857. The minimum Gasteiger partial charge on any atom is -0.393 e. The fourth-order valence-electron chi connectivity index (χ4n) is 4.32. The molecule has 2 heteroatoms. The number of rotatable bonds is 3. The van der Waals surface area contributed by atoms with E-state index in [1.807, 2.05) is 0 Å². The van der Waals surface area contributed by atoms with E-state index in [1.165, 1.54) is 49.7 Å². The fourth-order valence-corrected chi connectivity index (χ4v) is 4.32. The first kappa shape index (κ1) is 13.8. The van der Waals surface area contributed by atoms with Crippen molar-refractivity contribution in [3.8, 4) is 0 Å². The van der Waals surface area contributed by atoms with Crippen LogP contribution in [0.4, 0.5) is 0 Å². The van der Waals surface area contributed by atoms with Gasteiger partial charge in [-0.15, -0.1) is 0 Å². The second-order valence-electron chi connectivity index (χ2n) is 7.34. The van der Waals surface area contributed by atoms with E-state index >= 15 is 0 Å². The zero-order valence-electron chi connectivity index (χ0n) is 12.7. The zero-order valence-corrected chi connectivity index (χ0v) is 12.7. The van der Waals surface area contributed by atoms with E-state index in [0.717, 1.165) is 18.8 Å². The summed E-state index contributed by atoms with van der Waals surface area (Å²) in [6.07, 6.45) is 10.4. The Kier molecular flexibility index (Phi) is 3.76. The first-order chi connectivity index (χ1) is 10.3. The summed E-state index contributed by atoms with van der Waals surface area (Å²) in [6, 6.07) is 9.36. The van der Waals surface area contributed by atoms with Crippen LogP contribution in [0.2, 0.25) is 0 Å². The summed E-state index contributed by atoms with van der Waals surface area (Å²) < 4.78 is 5.64. The van der Waals surface area contributed by atoms with E-state index in [-0.39, 0.29) is 6.10 Å². The molecule has 2 aliphatic carbocycles. The van der Waals surface area contributed by atoms with Crippen LogP contribution >= 0.6 is 0 Å². The molecule has 1 heterocycles. The van der Waals surface area contributed by atoms with Crippen molar-refractivity contribution < 1.29 is 9.84 Å². The molecule has 0 spiro atoms. The smallest absolute Gasteiger partial charge is 0.0847 e. The van der Waals surface area contributed by atoms with Gasteiger partial charge >= 0.3 is 0 Å². The molecular formula is C19H26O2. The third-order valence-electron chi connectivity index (χ3n) is 5.80. The summed E-state index contributed by atoms with van der Waals surface area (Å²) in [5, 5.41) is 9.59. The van der Waals surface area contributed by atoms with Gasteiger partial charge in [0.2, 0.25) is 0 Å². The number of fused-ring (bicyclic) bond motifs is 1. The summed E-state index contributed by atoms with van der Waals surface area (Å²) in [7, 11) is 0. The van der Waals surface area contributed by atoms with Gasteiger partial charge in [-0.2, -0.15) is 0 Å². The number of hydrogen-bond acceptors (Lipinski definition) is 2. The number of hydrogen-bond donors (Lipinski definition) is 1. The molecule has 0 bridgehead atoms. The molecule has 4 rings (SSSR count). The molecule has 0 amide bonds. The predicted octanol–water partition coefficient (Wildman–Crippen LogP) is 3.82. The van der Waals surface area contributed by atoms with E-state index < -0.39 is 0 Å². The molecule has 0 aromatic heterocycles. The first-order valence-corrected chi connectivity index (χ1v) is 8.70. The van der Waals surface area contributed by atoms with Crippen LogP contribution in [-0.4, -0.2) is 23.4 Å². The molecular weight excluding hydrogens is 260 g/mol. The monoisotopic (exact) mass is 286 g/mol. The van der Waals surface area contributed by atoms with Crippen LogP contribution in [0.15, 0.2) is 24.3 Å². The lowest BCUT2D eigenvalue weighted by Gasteiger charge is -2.25. The van der Waals surface area contributed by atoms with Gasteiger partial charge in [-0.05, 0) is 74.3 Å². The van der Waals surface area contributed by atoms with Crippen molar-refractivity contribution in [1.29, 1.82) is 0 Å². The molecule has 3 aliphatic rings. The van der Waals surface area contributed by atoms with Crippen molar-refractivity contribution in [3.63, 3.8) is 0 Å². The highest BCUT2D eigenvalue weighted by Gasteiger charge is 2.44. The Bertz CT molecular complexity index is 473. The van der Waals surface area contributed by atoms with E-state index in [1.54, 1.807) is 0 Å². The van der Waals surface area contributed by atoms with Crippen LogP contribution in [-0.2, 0) is 11.2 Å². The Morgan fingerprint density at radius 1 is 0.905 bits per heavy atom. The number of ether oxygens (including phenoxy) is 1. The van der Waals surface area contributed by atoms with Gasteiger partial charge in [-0.25, -0.2) is 0 Å². The molecule has 3 fully saturated rings. The van der Waals surface area contributed by atoms with E-state index in [2.05, 4.69) is 24.3 Å². The average molecular weight is 286 g/mol. The minimum absolute atomic E-state index is 0.0385. The topological polar surface area (TPSA) is 32.8 Å². The summed E-state index contributed by atoms with van der Waals surface area (Å²) in [5.41, 5.74) is 2.98. The molecule has 0 radical (unpaired) electrons. The van der Waals surface area contributed by atoms with Crippen molar-refractivity contribution in [1.82, 2.24) is 0 Å². The maximum absolute atomic E-state index is 9.59. The van der Waals surface area contributed by atoms with Gasteiger partial charge in [0.25, 0.3) is 0 Å². The van der Waals surface area contributed by atoms with Gasteiger partial charge in [0.05, 0.1) is 18.3 Å². The summed E-state index contributed by atoms with van der Waals surface area (Å²) in [5.74, 6) is 1.49. The summed E-state index contributed by atoms with van der Waals surface area (Å²) in [6.45, 7) is 0. The second kappa shape index (κ2) is 5.73. The third kappa shape index (κ3) is 3.17. The highest BCUT2D eigenvalue weighted by molar-refractivity contribution is 5.27. The molecule has 1 aliphatic heterocycles. The van der Waals surface area contributed by atoms with Gasteiger partial charge in [0, 0.05) is 0 Å². The number of epoxide rings is 1. The lowest BCUT2D eigenvalue weighted by molar-refractivity contribution is 0.109. The van der Waals surface area contributed by atoms with Crippen molar-refractivity contribution in [2.75, 3.05) is 0 Å². The second-order valence-corrected chi connectivity index (χ2v) is 7.34. The molecule has 2 saturated carbocycles. The molecule has 114 valence electrons. The van der Waals surface area contributed by atoms with Crippen LogP contribution in [0.1, 0.15) is 62.0 Å². The molecule has 1 N–H and O–H groups in total. The standard InChI is InChI=1S/C19H26O2/c20-17-8-3-14(4-9-17)11-13-1-5-15(6-2-13)16-7-10-18-19(12-16)21-18/h1-2,5-6,14,16-20H,3-4,7-12H2. The van der Waals surface area contributed by atoms with Crippen LogP contribution in [0, 0.1) is 5.92 Å². The Hall–Kier alpha value is -0.860. The maximum Gasteiger partial charge on any atom is 0.0847 e. The van der Waals surface area contributed by atoms with Crippen molar-refractivity contribution in [3.05, 3.63) is 35.4 Å². The van der Waals surface area contributed by atoms with E-state index in [0.29, 0.717) is 18.1 Å². The molecule has 1 aromatic rings. The fraction of sp³-hybridized carbons (Fsp3) is 0.684. The largest absolute Gasteiger partial charge is 0.393 e. The Balaban J connectivity index is 1.35. The van der Waals surface area contributed by atoms with Crippen LogP contribution in [0.5, 0.6) is 0 Å². The van der Waals surface area contributed by atoms with Gasteiger partial charge in [-0.3, -0.25) is 0 Å². The molecule has 2 nitrogen and oxygen atoms in total.